The minimum atomic E-state index is -4.39. The van der Waals surface area contributed by atoms with Gasteiger partial charge in [-0.1, -0.05) is 43.3 Å². The second-order valence-corrected chi connectivity index (χ2v) is 6.62. The van der Waals surface area contributed by atoms with Gasteiger partial charge in [0.25, 0.3) is 0 Å². The third-order valence-electron chi connectivity index (χ3n) is 4.93. The van der Waals surface area contributed by atoms with Gasteiger partial charge in [-0.15, -0.1) is 0 Å². The fourth-order valence-electron chi connectivity index (χ4n) is 3.20. The van der Waals surface area contributed by atoms with E-state index in [1.165, 1.54) is 13.0 Å². The van der Waals surface area contributed by atoms with Gasteiger partial charge in [0.2, 0.25) is 0 Å². The molecule has 5 heteroatoms. The van der Waals surface area contributed by atoms with Crippen LogP contribution in [0.4, 0.5) is 13.2 Å². The average molecular weight is 334 g/mol. The van der Waals surface area contributed by atoms with Gasteiger partial charge in [0.05, 0.1) is 11.5 Å². The summed E-state index contributed by atoms with van der Waals surface area (Å²) in [6.45, 7) is 3.31. The predicted molar refractivity (Wildman–Crippen MR) is 84.7 cm³/mol. The molecule has 2 aromatic carbocycles. The molecule has 1 aliphatic rings. The Morgan fingerprint density at radius 3 is 2.42 bits per heavy atom. The van der Waals surface area contributed by atoms with Crippen molar-refractivity contribution in [1.29, 1.82) is 0 Å². The van der Waals surface area contributed by atoms with Gasteiger partial charge in [-0.05, 0) is 41.7 Å². The molecule has 0 heterocycles. The van der Waals surface area contributed by atoms with Crippen LogP contribution in [-0.4, -0.2) is 11.1 Å². The predicted octanol–water partition coefficient (Wildman–Crippen LogP) is 5.04. The van der Waals surface area contributed by atoms with Crippen molar-refractivity contribution in [1.82, 2.24) is 0 Å². The van der Waals surface area contributed by atoms with Crippen molar-refractivity contribution in [3.05, 3.63) is 59.2 Å². The van der Waals surface area contributed by atoms with Crippen LogP contribution in [0.1, 0.15) is 30.0 Å². The van der Waals surface area contributed by atoms with E-state index in [2.05, 4.69) is 0 Å². The van der Waals surface area contributed by atoms with Crippen LogP contribution in [0.5, 0.6) is 0 Å². The Bertz CT molecular complexity index is 810. The molecule has 0 spiro atoms. The smallest absolute Gasteiger partial charge is 0.416 e. The number of halogens is 3. The molecule has 0 saturated heterocycles. The number of benzene rings is 2. The number of carbonyl (C=O) groups is 1. The van der Waals surface area contributed by atoms with Gasteiger partial charge in [0.15, 0.2) is 0 Å². The van der Waals surface area contributed by atoms with E-state index < -0.39 is 29.0 Å². The van der Waals surface area contributed by atoms with Crippen molar-refractivity contribution >= 4 is 5.97 Å². The SMILES string of the molecule is Cc1ccc(-c2cccc(C3(C)CC3C(=O)O)c2)cc1C(F)(F)F. The second kappa shape index (κ2) is 5.36. The van der Waals surface area contributed by atoms with E-state index in [-0.39, 0.29) is 5.56 Å². The number of carboxylic acid groups (broad SMARTS) is 1. The molecule has 1 aliphatic carbocycles. The summed E-state index contributed by atoms with van der Waals surface area (Å²) in [6, 6.07) is 11.4. The lowest BCUT2D eigenvalue weighted by Gasteiger charge is -2.15. The summed E-state index contributed by atoms with van der Waals surface area (Å²) in [5, 5.41) is 9.17. The Kier molecular flexibility index (Phi) is 3.70. The third kappa shape index (κ3) is 2.79. The highest BCUT2D eigenvalue weighted by atomic mass is 19.4. The van der Waals surface area contributed by atoms with E-state index in [4.69, 9.17) is 5.11 Å². The molecule has 126 valence electrons. The molecule has 2 unspecified atom stereocenters. The zero-order valence-corrected chi connectivity index (χ0v) is 13.3. The monoisotopic (exact) mass is 334 g/mol. The van der Waals surface area contributed by atoms with E-state index in [1.807, 2.05) is 13.0 Å². The minimum absolute atomic E-state index is 0.183. The summed E-state index contributed by atoms with van der Waals surface area (Å²) in [5.41, 5.74) is 1.08. The van der Waals surface area contributed by atoms with E-state index in [0.717, 1.165) is 11.6 Å². The highest BCUT2D eigenvalue weighted by Crippen LogP contribution is 2.54. The van der Waals surface area contributed by atoms with E-state index in [1.54, 1.807) is 24.3 Å². The van der Waals surface area contributed by atoms with E-state index in [9.17, 15) is 18.0 Å². The van der Waals surface area contributed by atoms with Crippen LogP contribution in [0.2, 0.25) is 0 Å². The highest BCUT2D eigenvalue weighted by Gasteiger charge is 2.55. The molecule has 2 nitrogen and oxygen atoms in total. The maximum absolute atomic E-state index is 13.1. The fourth-order valence-corrected chi connectivity index (χ4v) is 3.20. The molecule has 1 saturated carbocycles. The molecule has 0 radical (unpaired) electrons. The summed E-state index contributed by atoms with van der Waals surface area (Å²) in [6.07, 6.45) is -3.85. The van der Waals surface area contributed by atoms with Gasteiger partial charge >= 0.3 is 12.1 Å². The first-order chi connectivity index (χ1) is 11.1. The summed E-state index contributed by atoms with van der Waals surface area (Å²) in [7, 11) is 0. The van der Waals surface area contributed by atoms with Gasteiger partial charge < -0.3 is 5.11 Å². The van der Waals surface area contributed by atoms with Gasteiger partial charge in [0, 0.05) is 5.41 Å². The molecular weight excluding hydrogens is 317 g/mol. The molecule has 2 atom stereocenters. The van der Waals surface area contributed by atoms with Gasteiger partial charge in [-0.3, -0.25) is 4.79 Å². The van der Waals surface area contributed by atoms with Crippen LogP contribution in [0.25, 0.3) is 11.1 Å². The van der Waals surface area contributed by atoms with Gasteiger partial charge in [-0.2, -0.15) is 13.2 Å². The van der Waals surface area contributed by atoms with Crippen LogP contribution in [0.3, 0.4) is 0 Å². The Hall–Kier alpha value is -2.30. The quantitative estimate of drug-likeness (QED) is 0.853. The summed E-state index contributed by atoms with van der Waals surface area (Å²) < 4.78 is 39.3. The number of carboxylic acids is 1. The number of rotatable bonds is 3. The average Bonchev–Trinajstić information content (AvgIpc) is 3.21. The maximum Gasteiger partial charge on any atom is 0.416 e. The van der Waals surface area contributed by atoms with Crippen LogP contribution >= 0.6 is 0 Å². The first-order valence-electron chi connectivity index (χ1n) is 7.64. The Morgan fingerprint density at radius 2 is 1.83 bits per heavy atom. The van der Waals surface area contributed by atoms with Crippen molar-refractivity contribution in [2.75, 3.05) is 0 Å². The molecule has 0 bridgehead atoms. The lowest BCUT2D eigenvalue weighted by Crippen LogP contribution is -2.11. The van der Waals surface area contributed by atoms with Crippen molar-refractivity contribution in [2.24, 2.45) is 5.92 Å². The van der Waals surface area contributed by atoms with Gasteiger partial charge in [0.1, 0.15) is 0 Å². The first-order valence-corrected chi connectivity index (χ1v) is 7.64. The van der Waals surface area contributed by atoms with Crippen molar-refractivity contribution in [2.45, 2.75) is 31.9 Å². The van der Waals surface area contributed by atoms with Crippen molar-refractivity contribution in [3.8, 4) is 11.1 Å². The van der Waals surface area contributed by atoms with Crippen LogP contribution < -0.4 is 0 Å². The lowest BCUT2D eigenvalue weighted by molar-refractivity contribution is -0.139. The Morgan fingerprint density at radius 1 is 1.17 bits per heavy atom. The lowest BCUT2D eigenvalue weighted by atomic mass is 9.91. The second-order valence-electron chi connectivity index (χ2n) is 6.62. The normalized spacial score (nSPS) is 23.1. The number of aryl methyl sites for hydroxylation is 1. The number of hydrogen-bond acceptors (Lipinski definition) is 1. The van der Waals surface area contributed by atoms with E-state index in [0.29, 0.717) is 17.5 Å². The zero-order chi connectivity index (χ0) is 17.7. The molecule has 1 N–H and O–H groups in total. The molecule has 0 amide bonds. The first kappa shape index (κ1) is 16.6. The summed E-state index contributed by atoms with van der Waals surface area (Å²) >= 11 is 0. The number of aliphatic carboxylic acids is 1. The maximum atomic E-state index is 13.1. The Balaban J connectivity index is 2.00. The molecule has 0 aliphatic heterocycles. The van der Waals surface area contributed by atoms with Crippen LogP contribution in [-0.2, 0) is 16.4 Å². The van der Waals surface area contributed by atoms with E-state index >= 15 is 0 Å². The fraction of sp³-hybridized carbons (Fsp3) is 0.316. The molecule has 24 heavy (non-hydrogen) atoms. The zero-order valence-electron chi connectivity index (χ0n) is 13.3. The molecule has 2 aromatic rings. The molecule has 3 rings (SSSR count). The number of hydrogen-bond donors (Lipinski definition) is 1. The molecular formula is C19H17F3O2. The minimum Gasteiger partial charge on any atom is -0.481 e. The van der Waals surface area contributed by atoms with Crippen molar-refractivity contribution in [3.63, 3.8) is 0 Å². The molecule has 0 aromatic heterocycles. The topological polar surface area (TPSA) is 37.3 Å². The van der Waals surface area contributed by atoms with Crippen molar-refractivity contribution < 1.29 is 23.1 Å². The largest absolute Gasteiger partial charge is 0.481 e. The molecule has 1 fully saturated rings. The number of alkyl halides is 3. The highest BCUT2D eigenvalue weighted by molar-refractivity contribution is 5.77. The summed E-state index contributed by atoms with van der Waals surface area (Å²) in [5.74, 6) is -1.27. The van der Waals surface area contributed by atoms with Crippen LogP contribution in [0, 0.1) is 12.8 Å². The van der Waals surface area contributed by atoms with Crippen LogP contribution in [0.15, 0.2) is 42.5 Å². The Labute approximate surface area is 137 Å². The van der Waals surface area contributed by atoms with Gasteiger partial charge in [-0.25, -0.2) is 0 Å². The standard InChI is InChI=1S/C19H17F3O2/c1-11-6-7-13(9-15(11)19(20,21)22)12-4-3-5-14(8-12)18(2)10-16(18)17(23)24/h3-9,16H,10H2,1-2H3,(H,23,24). The summed E-state index contributed by atoms with van der Waals surface area (Å²) in [4.78, 5) is 11.2. The third-order valence-corrected chi connectivity index (χ3v) is 4.93.